The zero-order valence-corrected chi connectivity index (χ0v) is 9.00. The normalized spacial score (nSPS) is 40.3. The molecule has 2 aliphatic heterocycles. The van der Waals surface area contributed by atoms with E-state index in [1.165, 1.54) is 6.42 Å². The van der Waals surface area contributed by atoms with Gasteiger partial charge in [0.1, 0.15) is 5.54 Å². The highest BCUT2D eigenvalue weighted by Crippen LogP contribution is 2.48. The lowest BCUT2D eigenvalue weighted by molar-refractivity contribution is -0.139. The van der Waals surface area contributed by atoms with Crippen LogP contribution in [0, 0.1) is 5.92 Å². The first-order valence-corrected chi connectivity index (χ1v) is 6.09. The Morgan fingerprint density at radius 1 is 1.13 bits per heavy atom. The second-order valence-corrected chi connectivity index (χ2v) is 5.12. The Bertz CT molecular complexity index is 326. The van der Waals surface area contributed by atoms with Gasteiger partial charge in [-0.05, 0) is 31.6 Å². The summed E-state index contributed by atoms with van der Waals surface area (Å²) in [7, 11) is 0. The summed E-state index contributed by atoms with van der Waals surface area (Å²) < 4.78 is 0. The molecule has 2 saturated heterocycles. The van der Waals surface area contributed by atoms with Crippen LogP contribution in [-0.2, 0) is 9.59 Å². The summed E-state index contributed by atoms with van der Waals surface area (Å²) in [4.78, 5) is 25.9. The molecule has 1 unspecified atom stereocenters. The molecule has 1 amide bonds. The minimum atomic E-state index is -0.340. The highest BCUT2D eigenvalue weighted by Gasteiger charge is 2.58. The van der Waals surface area contributed by atoms with Gasteiger partial charge in [-0.25, -0.2) is 0 Å². The number of amides is 1. The van der Waals surface area contributed by atoms with Crippen LogP contribution in [0.25, 0.3) is 0 Å². The van der Waals surface area contributed by atoms with Gasteiger partial charge in [0, 0.05) is 19.4 Å². The van der Waals surface area contributed by atoms with E-state index in [-0.39, 0.29) is 11.4 Å². The Morgan fingerprint density at radius 3 is 2.87 bits per heavy atom. The van der Waals surface area contributed by atoms with Gasteiger partial charge in [-0.1, -0.05) is 6.42 Å². The Balaban J connectivity index is 2.05. The summed E-state index contributed by atoms with van der Waals surface area (Å²) in [5.74, 6) is 1.04. The molecule has 15 heavy (non-hydrogen) atoms. The molecule has 1 aliphatic carbocycles. The molecule has 3 rings (SSSR count). The van der Waals surface area contributed by atoms with Crippen LogP contribution in [0.15, 0.2) is 0 Å². The fourth-order valence-electron chi connectivity index (χ4n) is 3.86. The van der Waals surface area contributed by atoms with Gasteiger partial charge in [-0.3, -0.25) is 9.59 Å². The Morgan fingerprint density at radius 2 is 2.00 bits per heavy atom. The third-order valence-electron chi connectivity index (χ3n) is 4.57. The maximum atomic E-state index is 12.1. The highest BCUT2D eigenvalue weighted by molar-refractivity contribution is 5.98. The Hall–Kier alpha value is -0.860. The Labute approximate surface area is 89.8 Å². The maximum absolute atomic E-state index is 12.1. The topological polar surface area (TPSA) is 37.4 Å². The van der Waals surface area contributed by atoms with Gasteiger partial charge in [0.2, 0.25) is 5.91 Å². The van der Waals surface area contributed by atoms with E-state index in [0.717, 1.165) is 32.2 Å². The summed E-state index contributed by atoms with van der Waals surface area (Å²) in [6, 6.07) is 0. The van der Waals surface area contributed by atoms with Gasteiger partial charge in [-0.15, -0.1) is 0 Å². The first-order valence-electron chi connectivity index (χ1n) is 6.09. The number of Topliss-reactive ketones (excluding diaryl/α,β-unsaturated/α-hetero) is 1. The molecule has 0 radical (unpaired) electrons. The van der Waals surface area contributed by atoms with E-state index >= 15 is 0 Å². The average molecular weight is 207 g/mol. The van der Waals surface area contributed by atoms with Gasteiger partial charge in [0.15, 0.2) is 5.78 Å². The van der Waals surface area contributed by atoms with Gasteiger partial charge in [0.25, 0.3) is 0 Å². The van der Waals surface area contributed by atoms with Crippen molar-refractivity contribution in [2.45, 2.75) is 50.5 Å². The highest BCUT2D eigenvalue weighted by atomic mass is 16.2. The smallest absolute Gasteiger partial charge is 0.223 e. The van der Waals surface area contributed by atoms with Crippen LogP contribution in [0.3, 0.4) is 0 Å². The van der Waals surface area contributed by atoms with Crippen molar-refractivity contribution >= 4 is 11.7 Å². The summed E-state index contributed by atoms with van der Waals surface area (Å²) >= 11 is 0. The molecular formula is C12H17NO2. The van der Waals surface area contributed by atoms with Gasteiger partial charge in [-0.2, -0.15) is 0 Å². The molecule has 0 aromatic heterocycles. The lowest BCUT2D eigenvalue weighted by atomic mass is 9.82. The number of hydrogen-bond donors (Lipinski definition) is 0. The maximum Gasteiger partial charge on any atom is 0.223 e. The zero-order chi connectivity index (χ0) is 10.5. The van der Waals surface area contributed by atoms with E-state index in [9.17, 15) is 9.59 Å². The molecular weight excluding hydrogens is 190 g/mol. The van der Waals surface area contributed by atoms with Gasteiger partial charge in [0.05, 0.1) is 0 Å². The van der Waals surface area contributed by atoms with Crippen LogP contribution in [0.1, 0.15) is 44.9 Å². The third-order valence-corrected chi connectivity index (χ3v) is 4.57. The summed E-state index contributed by atoms with van der Waals surface area (Å²) in [6.45, 7) is 0.821. The molecule has 1 spiro atoms. The monoisotopic (exact) mass is 207 g/mol. The van der Waals surface area contributed by atoms with Crippen molar-refractivity contribution in [3.63, 3.8) is 0 Å². The molecule has 0 bridgehead atoms. The SMILES string of the molecule is O=C1CCC23C(=O)CC[C@@H]2CCCCN13. The lowest BCUT2D eigenvalue weighted by Gasteiger charge is -2.36. The van der Waals surface area contributed by atoms with E-state index < -0.39 is 0 Å². The number of ketones is 1. The largest absolute Gasteiger partial charge is 0.330 e. The molecule has 0 aromatic rings. The number of rotatable bonds is 0. The first-order chi connectivity index (χ1) is 7.25. The fraction of sp³-hybridized carbons (Fsp3) is 0.833. The predicted molar refractivity (Wildman–Crippen MR) is 55.3 cm³/mol. The fourth-order valence-corrected chi connectivity index (χ4v) is 3.86. The third kappa shape index (κ3) is 1.06. The number of hydrogen-bond acceptors (Lipinski definition) is 2. The minimum Gasteiger partial charge on any atom is -0.330 e. The Kier molecular flexibility index (Phi) is 1.91. The molecule has 3 nitrogen and oxygen atoms in total. The molecule has 82 valence electrons. The van der Waals surface area contributed by atoms with Crippen molar-refractivity contribution in [3.8, 4) is 0 Å². The summed E-state index contributed by atoms with van der Waals surface area (Å²) in [5, 5.41) is 0. The molecule has 1 saturated carbocycles. The quantitative estimate of drug-likeness (QED) is 0.604. The molecule has 0 N–H and O–H groups in total. The van der Waals surface area contributed by atoms with Crippen molar-refractivity contribution in [2.24, 2.45) is 5.92 Å². The van der Waals surface area contributed by atoms with Crippen LogP contribution in [0.5, 0.6) is 0 Å². The van der Waals surface area contributed by atoms with Crippen LogP contribution in [0.4, 0.5) is 0 Å². The van der Waals surface area contributed by atoms with Crippen LogP contribution in [0.2, 0.25) is 0 Å². The summed E-state index contributed by atoms with van der Waals surface area (Å²) in [6.07, 6.45) is 6.53. The van der Waals surface area contributed by atoms with Crippen molar-refractivity contribution in [2.75, 3.05) is 6.54 Å². The molecule has 3 fully saturated rings. The van der Waals surface area contributed by atoms with E-state index in [1.54, 1.807) is 0 Å². The second-order valence-electron chi connectivity index (χ2n) is 5.12. The van der Waals surface area contributed by atoms with Gasteiger partial charge >= 0.3 is 0 Å². The molecule has 2 heterocycles. The van der Waals surface area contributed by atoms with Crippen LogP contribution in [-0.4, -0.2) is 28.7 Å². The molecule has 3 heteroatoms. The van der Waals surface area contributed by atoms with E-state index in [1.807, 2.05) is 4.90 Å². The van der Waals surface area contributed by atoms with Crippen molar-refractivity contribution in [3.05, 3.63) is 0 Å². The van der Waals surface area contributed by atoms with E-state index in [0.29, 0.717) is 24.5 Å². The van der Waals surface area contributed by atoms with Gasteiger partial charge < -0.3 is 4.90 Å². The van der Waals surface area contributed by atoms with Crippen molar-refractivity contribution in [1.82, 2.24) is 4.90 Å². The molecule has 2 atom stereocenters. The second kappa shape index (κ2) is 3.06. The molecule has 0 aromatic carbocycles. The molecule has 3 aliphatic rings. The van der Waals surface area contributed by atoms with E-state index in [4.69, 9.17) is 0 Å². The average Bonchev–Trinajstić information content (AvgIpc) is 2.65. The first kappa shape index (κ1) is 9.37. The summed E-state index contributed by atoms with van der Waals surface area (Å²) in [5.41, 5.74) is -0.340. The van der Waals surface area contributed by atoms with Crippen molar-refractivity contribution in [1.29, 1.82) is 0 Å². The predicted octanol–water partition coefficient (Wildman–Crippen LogP) is 1.51. The van der Waals surface area contributed by atoms with Crippen LogP contribution < -0.4 is 0 Å². The minimum absolute atomic E-state index is 0.220. The number of carbonyl (C=O) groups is 2. The lowest BCUT2D eigenvalue weighted by Crippen LogP contribution is -2.52. The zero-order valence-electron chi connectivity index (χ0n) is 9.00. The van der Waals surface area contributed by atoms with Crippen LogP contribution >= 0.6 is 0 Å². The number of nitrogens with zero attached hydrogens (tertiary/aromatic N) is 1. The van der Waals surface area contributed by atoms with E-state index in [2.05, 4.69) is 0 Å². The standard InChI is InChI=1S/C12H17NO2/c14-10-5-4-9-3-1-2-8-13-11(15)6-7-12(9,10)13/h9H,1-8H2/t9-,12?/m0/s1. The van der Waals surface area contributed by atoms with Crippen molar-refractivity contribution < 1.29 is 9.59 Å². The number of carbonyl (C=O) groups excluding carboxylic acids is 2.